The Hall–Kier alpha value is -3.90. The van der Waals surface area contributed by atoms with Gasteiger partial charge in [-0.2, -0.15) is 5.10 Å². The monoisotopic (exact) mass is 645 g/mol. The number of H-pyrrole nitrogens is 1. The van der Waals surface area contributed by atoms with Gasteiger partial charge in [0.1, 0.15) is 11.6 Å². The first-order chi connectivity index (χ1) is 22.0. The van der Waals surface area contributed by atoms with Crippen LogP contribution in [-0.2, 0) is 30.1 Å². The van der Waals surface area contributed by atoms with Crippen molar-refractivity contribution in [2.24, 2.45) is 17.6 Å². The molecule has 2 aromatic carbocycles. The fourth-order valence-corrected chi connectivity index (χ4v) is 6.22. The molecule has 2 fully saturated rings. The van der Waals surface area contributed by atoms with E-state index >= 15 is 0 Å². The number of hydrogen-bond acceptors (Lipinski definition) is 7. The zero-order valence-electron chi connectivity index (χ0n) is 28.6. The molecule has 11 nitrogen and oxygen atoms in total. The topological polar surface area (TPSA) is 149 Å². The number of amides is 3. The average Bonchev–Trinajstić information content (AvgIpc) is 3.55. The Labute approximate surface area is 277 Å². The molecule has 1 aliphatic carbocycles. The molecule has 252 valence electrons. The van der Waals surface area contributed by atoms with Gasteiger partial charge in [-0.1, -0.05) is 24.3 Å². The van der Waals surface area contributed by atoms with Crippen LogP contribution in [0.15, 0.2) is 48.7 Å². The highest BCUT2D eigenvalue weighted by Crippen LogP contribution is 2.37. The van der Waals surface area contributed by atoms with E-state index < -0.39 is 42.0 Å². The molecular weight excluding hydrogens is 597 g/mol. The van der Waals surface area contributed by atoms with E-state index in [2.05, 4.69) is 15.5 Å². The van der Waals surface area contributed by atoms with E-state index in [1.54, 1.807) is 11.1 Å². The molecule has 1 atom stereocenters. The maximum atomic E-state index is 14.4. The first kappa shape index (κ1) is 34.4. The van der Waals surface area contributed by atoms with Gasteiger partial charge in [-0.05, 0) is 109 Å². The molecule has 0 radical (unpaired) electrons. The van der Waals surface area contributed by atoms with Crippen LogP contribution in [0.25, 0.3) is 10.9 Å². The Balaban J connectivity index is 1.33. The summed E-state index contributed by atoms with van der Waals surface area (Å²) in [5.74, 6) is -0.790. The maximum absolute atomic E-state index is 14.4. The Bertz CT molecular complexity index is 1570. The van der Waals surface area contributed by atoms with E-state index in [1.807, 2.05) is 90.9 Å². The minimum Gasteiger partial charge on any atom is -0.444 e. The van der Waals surface area contributed by atoms with Crippen LogP contribution in [0, 0.1) is 11.8 Å². The molecule has 1 aromatic heterocycles. The number of carbonyl (C=O) groups is 3. The maximum Gasteiger partial charge on any atom is 0.494 e. The standard InChI is InChI=1S/C35H48BN5O6/c1-33(2,3)45-32(44)38-20-23-8-12-24(13-9-23)31(43)41(27-17-14-25-21-39-40-28(25)19-27)29(30(37)42)18-22-10-15-26(16-11-22)36-46-34(4,5)35(6,7)47-36/h10-11,14-17,19,21,23-24,29H,8-9,12-13,18,20H2,1-7H3,(H2,37,42)(H,38,44)(H,39,40)/t23?,24?,29-/m0/s1. The van der Waals surface area contributed by atoms with Crippen molar-refractivity contribution in [3.8, 4) is 0 Å². The average molecular weight is 646 g/mol. The highest BCUT2D eigenvalue weighted by atomic mass is 16.7. The van der Waals surface area contributed by atoms with Gasteiger partial charge >= 0.3 is 13.2 Å². The van der Waals surface area contributed by atoms with Crippen molar-refractivity contribution in [3.63, 3.8) is 0 Å². The zero-order chi connectivity index (χ0) is 34.1. The van der Waals surface area contributed by atoms with Gasteiger partial charge < -0.3 is 25.1 Å². The van der Waals surface area contributed by atoms with Gasteiger partial charge in [0, 0.05) is 30.0 Å². The van der Waals surface area contributed by atoms with Crippen molar-refractivity contribution in [1.82, 2.24) is 15.5 Å². The summed E-state index contributed by atoms with van der Waals surface area (Å²) in [5, 5.41) is 10.8. The lowest BCUT2D eigenvalue weighted by Gasteiger charge is -2.36. The number of nitrogens with two attached hydrogens (primary N) is 1. The smallest absolute Gasteiger partial charge is 0.444 e. The number of nitrogens with zero attached hydrogens (tertiary/aromatic N) is 2. The Kier molecular flexibility index (Phi) is 9.75. The molecule has 0 bridgehead atoms. The van der Waals surface area contributed by atoms with Crippen molar-refractivity contribution in [3.05, 3.63) is 54.2 Å². The largest absolute Gasteiger partial charge is 0.494 e. The van der Waals surface area contributed by atoms with E-state index in [1.165, 1.54) is 0 Å². The van der Waals surface area contributed by atoms with Crippen LogP contribution in [0.4, 0.5) is 10.5 Å². The number of primary amides is 1. The Morgan fingerprint density at radius 1 is 1.04 bits per heavy atom. The van der Waals surface area contributed by atoms with Gasteiger partial charge in [-0.3, -0.25) is 19.6 Å². The lowest BCUT2D eigenvalue weighted by Crippen LogP contribution is -2.52. The van der Waals surface area contributed by atoms with Gasteiger partial charge in [0.15, 0.2) is 0 Å². The molecule has 12 heteroatoms. The highest BCUT2D eigenvalue weighted by Gasteiger charge is 2.51. The molecule has 2 heterocycles. The molecule has 47 heavy (non-hydrogen) atoms. The van der Waals surface area contributed by atoms with Gasteiger partial charge in [0.05, 0.1) is 22.9 Å². The van der Waals surface area contributed by atoms with Crippen LogP contribution in [0.2, 0.25) is 0 Å². The summed E-state index contributed by atoms with van der Waals surface area (Å²) >= 11 is 0. The van der Waals surface area contributed by atoms with Crippen molar-refractivity contribution < 1.29 is 28.4 Å². The van der Waals surface area contributed by atoms with Crippen LogP contribution in [0.3, 0.4) is 0 Å². The molecule has 0 spiro atoms. The lowest BCUT2D eigenvalue weighted by molar-refractivity contribution is -0.127. The summed E-state index contributed by atoms with van der Waals surface area (Å²) in [5.41, 5.74) is 7.64. The van der Waals surface area contributed by atoms with Crippen LogP contribution in [0.1, 0.15) is 79.7 Å². The summed E-state index contributed by atoms with van der Waals surface area (Å²) in [4.78, 5) is 41.3. The van der Waals surface area contributed by atoms with Crippen LogP contribution in [-0.4, -0.2) is 64.6 Å². The molecule has 1 saturated carbocycles. The number of rotatable bonds is 9. The zero-order valence-corrected chi connectivity index (χ0v) is 28.6. The molecule has 3 amide bonds. The molecular formula is C35H48BN5O6. The third-order valence-electron chi connectivity index (χ3n) is 9.65. The Morgan fingerprint density at radius 2 is 1.68 bits per heavy atom. The number of aromatic nitrogens is 2. The van der Waals surface area contributed by atoms with Crippen molar-refractivity contribution >= 4 is 47.1 Å². The quantitative estimate of drug-likeness (QED) is 0.288. The number of carbonyl (C=O) groups excluding carboxylic acids is 3. The predicted molar refractivity (Wildman–Crippen MR) is 182 cm³/mol. The van der Waals surface area contributed by atoms with Crippen LogP contribution >= 0.6 is 0 Å². The van der Waals surface area contributed by atoms with E-state index in [-0.39, 0.29) is 24.2 Å². The predicted octanol–water partition coefficient (Wildman–Crippen LogP) is 4.62. The van der Waals surface area contributed by atoms with E-state index in [0.29, 0.717) is 25.1 Å². The van der Waals surface area contributed by atoms with Gasteiger partial charge in [0.2, 0.25) is 11.8 Å². The number of hydrogen-bond donors (Lipinski definition) is 3. The van der Waals surface area contributed by atoms with Gasteiger partial charge in [-0.15, -0.1) is 0 Å². The minimum absolute atomic E-state index is 0.139. The van der Waals surface area contributed by atoms with Crippen molar-refractivity contribution in [1.29, 1.82) is 0 Å². The minimum atomic E-state index is -0.919. The second-order valence-corrected chi connectivity index (χ2v) is 14.9. The second-order valence-electron chi connectivity index (χ2n) is 14.9. The molecule has 5 rings (SSSR count). The van der Waals surface area contributed by atoms with Crippen molar-refractivity contribution in [2.75, 3.05) is 11.4 Å². The highest BCUT2D eigenvalue weighted by molar-refractivity contribution is 6.62. The number of benzene rings is 2. The molecule has 2 aliphatic rings. The number of fused-ring (bicyclic) bond motifs is 1. The summed E-state index contributed by atoms with van der Waals surface area (Å²) in [6.45, 7) is 14.0. The fraction of sp³-hybridized carbons (Fsp3) is 0.543. The third kappa shape index (κ3) is 7.98. The molecule has 4 N–H and O–H groups in total. The fourth-order valence-electron chi connectivity index (χ4n) is 6.22. The first-order valence-electron chi connectivity index (χ1n) is 16.5. The number of aromatic amines is 1. The molecule has 3 aromatic rings. The summed E-state index contributed by atoms with van der Waals surface area (Å²) in [6.07, 6.45) is 4.31. The molecule has 1 aliphatic heterocycles. The Morgan fingerprint density at radius 3 is 2.28 bits per heavy atom. The van der Waals surface area contributed by atoms with Crippen LogP contribution in [0.5, 0.6) is 0 Å². The molecule has 0 unspecified atom stereocenters. The number of anilines is 1. The summed E-state index contributed by atoms with van der Waals surface area (Å²) in [7, 11) is -0.505. The van der Waals surface area contributed by atoms with E-state index in [9.17, 15) is 14.4 Å². The SMILES string of the molecule is CC(C)(C)OC(=O)NCC1CCC(C(=O)N(c2ccc3cn[nH]c3c2)[C@@H](Cc2ccc(B3OC(C)(C)C(C)(C)O3)cc2)C(N)=O)CC1. The molecule has 1 saturated heterocycles. The second kappa shape index (κ2) is 13.3. The normalized spacial score (nSPS) is 21.3. The number of alkyl carbamates (subject to hydrolysis) is 1. The van der Waals surface area contributed by atoms with E-state index in [0.717, 1.165) is 34.8 Å². The summed E-state index contributed by atoms with van der Waals surface area (Å²) in [6, 6.07) is 12.4. The third-order valence-corrected chi connectivity index (χ3v) is 9.65. The number of ether oxygens (including phenoxy) is 1. The van der Waals surface area contributed by atoms with Crippen molar-refractivity contribution in [2.45, 2.75) is 103 Å². The lowest BCUT2D eigenvalue weighted by atomic mass is 9.78. The summed E-state index contributed by atoms with van der Waals surface area (Å²) < 4.78 is 17.8. The number of nitrogens with one attached hydrogen (secondary N) is 2. The van der Waals surface area contributed by atoms with Crippen LogP contribution < -0.4 is 21.4 Å². The van der Waals surface area contributed by atoms with Gasteiger partial charge in [0.25, 0.3) is 0 Å². The first-order valence-corrected chi connectivity index (χ1v) is 16.5. The van der Waals surface area contributed by atoms with E-state index in [4.69, 9.17) is 19.8 Å². The van der Waals surface area contributed by atoms with Gasteiger partial charge in [-0.25, -0.2) is 4.79 Å².